The summed E-state index contributed by atoms with van der Waals surface area (Å²) >= 11 is 19.8. The summed E-state index contributed by atoms with van der Waals surface area (Å²) in [5.41, 5.74) is 0.841. The fourth-order valence-corrected chi connectivity index (χ4v) is 6.77. The summed E-state index contributed by atoms with van der Waals surface area (Å²) in [7, 11) is 0. The van der Waals surface area contributed by atoms with Crippen molar-refractivity contribution in [3.8, 4) is 0 Å². The summed E-state index contributed by atoms with van der Waals surface area (Å²) in [6.07, 6.45) is 11.1. The molecule has 1 fully saturated rings. The lowest BCUT2D eigenvalue weighted by molar-refractivity contribution is -0.116. The van der Waals surface area contributed by atoms with Crippen LogP contribution < -0.4 is 10.6 Å². The number of hydrogen-bond donors (Lipinski definition) is 2. The number of halogens is 3. The minimum absolute atomic E-state index is 0.0691. The van der Waals surface area contributed by atoms with Crippen molar-refractivity contribution in [1.82, 2.24) is 15.5 Å². The molecule has 1 aromatic heterocycles. The number of nitrogens with one attached hydrogen (secondary N) is 2. The molecular formula is C31H36Cl3N3O2S. The summed E-state index contributed by atoms with van der Waals surface area (Å²) in [5, 5.41) is 8.48. The molecule has 2 aromatic carbocycles. The van der Waals surface area contributed by atoms with E-state index in [1.165, 1.54) is 30.3 Å². The number of rotatable bonds is 13. The highest BCUT2D eigenvalue weighted by atomic mass is 35.5. The van der Waals surface area contributed by atoms with E-state index in [1.807, 2.05) is 30.3 Å². The standard InChI is InChI=1S/C31H36Cl3N3O2S/c32-25-12-10-23(21-26(25)33)11-13-28(38)35-16-4-1-5-18-37-19-14-22(15-20-37)7-6-17-36-31(39)30-29(34)24-8-2-3-9-27(24)40-30/h2-3,8-13,21-22H,1,4-7,14-20H2,(H,35,38)(H,36,39)/b13-11+. The maximum atomic E-state index is 12.6. The number of unbranched alkanes of at least 4 members (excludes halogenated alkanes) is 2. The minimum Gasteiger partial charge on any atom is -0.353 e. The first-order chi connectivity index (χ1) is 19.4. The molecule has 5 nitrogen and oxygen atoms in total. The molecule has 2 heterocycles. The van der Waals surface area contributed by atoms with E-state index < -0.39 is 0 Å². The average Bonchev–Trinajstić information content (AvgIpc) is 3.30. The second-order valence-corrected chi connectivity index (χ2v) is 12.5. The van der Waals surface area contributed by atoms with Crippen LogP contribution >= 0.6 is 46.1 Å². The zero-order valence-electron chi connectivity index (χ0n) is 22.6. The fraction of sp³-hybridized carbons (Fsp3) is 0.419. The number of fused-ring (bicyclic) bond motifs is 1. The van der Waals surface area contributed by atoms with Gasteiger partial charge in [-0.25, -0.2) is 0 Å². The van der Waals surface area contributed by atoms with Crippen LogP contribution in [0.5, 0.6) is 0 Å². The van der Waals surface area contributed by atoms with Gasteiger partial charge in [-0.3, -0.25) is 9.59 Å². The largest absolute Gasteiger partial charge is 0.353 e. The molecule has 40 heavy (non-hydrogen) atoms. The lowest BCUT2D eigenvalue weighted by atomic mass is 9.92. The van der Waals surface area contributed by atoms with Crippen LogP contribution in [0.25, 0.3) is 16.2 Å². The van der Waals surface area contributed by atoms with Crippen LogP contribution in [0, 0.1) is 5.92 Å². The van der Waals surface area contributed by atoms with Gasteiger partial charge >= 0.3 is 0 Å². The molecule has 0 bridgehead atoms. The molecule has 0 saturated carbocycles. The molecule has 2 N–H and O–H groups in total. The van der Waals surface area contributed by atoms with Crippen molar-refractivity contribution in [3.63, 3.8) is 0 Å². The van der Waals surface area contributed by atoms with Crippen molar-refractivity contribution in [2.24, 2.45) is 5.92 Å². The first kappa shape index (κ1) is 30.9. The van der Waals surface area contributed by atoms with E-state index in [-0.39, 0.29) is 11.8 Å². The van der Waals surface area contributed by atoms with Gasteiger partial charge in [0.2, 0.25) is 5.91 Å². The summed E-state index contributed by atoms with van der Waals surface area (Å²) in [4.78, 5) is 27.8. The number of carbonyl (C=O) groups excluding carboxylic acids is 2. The zero-order valence-corrected chi connectivity index (χ0v) is 25.6. The van der Waals surface area contributed by atoms with Crippen molar-refractivity contribution in [3.05, 3.63) is 74.0 Å². The Kier molecular flexibility index (Phi) is 12.2. The van der Waals surface area contributed by atoms with Gasteiger partial charge in [-0.15, -0.1) is 11.3 Å². The molecular weight excluding hydrogens is 585 g/mol. The second-order valence-electron chi connectivity index (χ2n) is 10.3. The topological polar surface area (TPSA) is 61.4 Å². The van der Waals surface area contributed by atoms with Gasteiger partial charge in [0.15, 0.2) is 0 Å². The van der Waals surface area contributed by atoms with Gasteiger partial charge in [-0.05, 0) is 93.9 Å². The van der Waals surface area contributed by atoms with Gasteiger partial charge in [0.25, 0.3) is 5.91 Å². The molecule has 0 radical (unpaired) electrons. The van der Waals surface area contributed by atoms with Gasteiger partial charge in [0.05, 0.1) is 15.1 Å². The van der Waals surface area contributed by atoms with Gasteiger partial charge in [0.1, 0.15) is 4.88 Å². The molecule has 214 valence electrons. The second kappa shape index (κ2) is 15.8. The molecule has 1 aliphatic rings. The Morgan fingerprint density at radius 1 is 0.925 bits per heavy atom. The molecule has 3 aromatic rings. The number of likely N-dealkylation sites (tertiary alicyclic amines) is 1. The molecule has 9 heteroatoms. The minimum atomic E-state index is -0.100. The van der Waals surface area contributed by atoms with E-state index in [1.54, 1.807) is 18.2 Å². The monoisotopic (exact) mass is 619 g/mol. The maximum absolute atomic E-state index is 12.6. The molecule has 1 aliphatic heterocycles. The average molecular weight is 621 g/mol. The molecule has 4 rings (SSSR count). The highest BCUT2D eigenvalue weighted by Gasteiger charge is 2.19. The highest BCUT2D eigenvalue weighted by Crippen LogP contribution is 2.35. The number of hydrogen-bond acceptors (Lipinski definition) is 4. The van der Waals surface area contributed by atoms with E-state index in [0.29, 0.717) is 33.0 Å². The van der Waals surface area contributed by atoms with Crippen LogP contribution in [0.4, 0.5) is 0 Å². The Bertz CT molecular complexity index is 1320. The lowest BCUT2D eigenvalue weighted by Crippen LogP contribution is -2.34. The Morgan fingerprint density at radius 2 is 1.70 bits per heavy atom. The molecule has 0 unspecified atom stereocenters. The number of thiophene rings is 1. The van der Waals surface area contributed by atoms with Gasteiger partial charge in [0, 0.05) is 29.3 Å². The van der Waals surface area contributed by atoms with Crippen LogP contribution in [-0.2, 0) is 4.79 Å². The molecule has 0 spiro atoms. The Labute approximate surface area is 255 Å². The number of amides is 2. The number of benzene rings is 2. The molecule has 0 atom stereocenters. The normalized spacial score (nSPS) is 14.7. The van der Waals surface area contributed by atoms with E-state index >= 15 is 0 Å². The van der Waals surface area contributed by atoms with Crippen molar-refractivity contribution in [1.29, 1.82) is 0 Å². The first-order valence-electron chi connectivity index (χ1n) is 14.0. The predicted octanol–water partition coefficient (Wildman–Crippen LogP) is 8.08. The van der Waals surface area contributed by atoms with E-state index in [9.17, 15) is 9.59 Å². The van der Waals surface area contributed by atoms with Gasteiger partial charge in [-0.1, -0.05) is 65.5 Å². The van der Waals surface area contributed by atoms with Crippen LogP contribution in [0.3, 0.4) is 0 Å². The summed E-state index contributed by atoms with van der Waals surface area (Å²) in [5.74, 6) is 0.560. The van der Waals surface area contributed by atoms with Crippen molar-refractivity contribution >= 4 is 74.1 Å². The molecule has 2 amide bonds. The zero-order chi connectivity index (χ0) is 28.3. The van der Waals surface area contributed by atoms with E-state index in [0.717, 1.165) is 73.3 Å². The number of carbonyl (C=O) groups is 2. The predicted molar refractivity (Wildman–Crippen MR) is 170 cm³/mol. The van der Waals surface area contributed by atoms with Crippen molar-refractivity contribution < 1.29 is 9.59 Å². The third-order valence-corrected chi connectivity index (χ3v) is 9.76. The molecule has 0 aliphatic carbocycles. The maximum Gasteiger partial charge on any atom is 0.262 e. The van der Waals surface area contributed by atoms with E-state index in [2.05, 4.69) is 15.5 Å². The van der Waals surface area contributed by atoms with Crippen LogP contribution in [0.2, 0.25) is 15.1 Å². The quantitative estimate of drug-likeness (QED) is 0.150. The first-order valence-corrected chi connectivity index (χ1v) is 15.9. The third kappa shape index (κ3) is 9.22. The smallest absolute Gasteiger partial charge is 0.262 e. The summed E-state index contributed by atoms with van der Waals surface area (Å²) < 4.78 is 1.04. The van der Waals surface area contributed by atoms with Crippen molar-refractivity contribution in [2.45, 2.75) is 44.9 Å². The van der Waals surface area contributed by atoms with E-state index in [4.69, 9.17) is 34.8 Å². The SMILES string of the molecule is O=C(/C=C/c1ccc(Cl)c(Cl)c1)NCCCCCN1CCC(CCCNC(=O)c2sc3ccccc3c2Cl)CC1. The van der Waals surface area contributed by atoms with Gasteiger partial charge in [-0.2, -0.15) is 0 Å². The number of piperidine rings is 1. The Hall–Kier alpha value is -2.09. The van der Waals surface area contributed by atoms with Crippen LogP contribution in [0.15, 0.2) is 48.5 Å². The number of nitrogens with zero attached hydrogens (tertiary/aromatic N) is 1. The lowest BCUT2D eigenvalue weighted by Gasteiger charge is -2.32. The van der Waals surface area contributed by atoms with Crippen LogP contribution in [0.1, 0.15) is 60.2 Å². The molecule has 1 saturated heterocycles. The Morgan fingerprint density at radius 3 is 2.48 bits per heavy atom. The fourth-order valence-electron chi connectivity index (χ4n) is 5.03. The van der Waals surface area contributed by atoms with Gasteiger partial charge < -0.3 is 15.5 Å². The highest BCUT2D eigenvalue weighted by molar-refractivity contribution is 7.21. The van der Waals surface area contributed by atoms with Crippen molar-refractivity contribution in [2.75, 3.05) is 32.7 Å². The van der Waals surface area contributed by atoms with Crippen LogP contribution in [-0.4, -0.2) is 49.4 Å². The third-order valence-electron chi connectivity index (χ3n) is 7.34. The summed E-state index contributed by atoms with van der Waals surface area (Å²) in [6.45, 7) is 4.77. The Balaban J connectivity index is 1.01. The summed E-state index contributed by atoms with van der Waals surface area (Å²) in [6, 6.07) is 13.1.